The lowest BCUT2D eigenvalue weighted by molar-refractivity contribution is 0.1000. The summed E-state index contributed by atoms with van der Waals surface area (Å²) in [5.74, 6) is -2.56. The van der Waals surface area contributed by atoms with Crippen molar-refractivity contribution in [3.05, 3.63) is 52.1 Å². The second-order valence-electron chi connectivity index (χ2n) is 3.89. The Labute approximate surface area is 106 Å². The lowest BCUT2D eigenvalue weighted by Gasteiger charge is -2.08. The molecular formula is C12H9F2N3O2. The summed E-state index contributed by atoms with van der Waals surface area (Å²) in [6.07, 6.45) is 1.16. The molecule has 0 spiro atoms. The van der Waals surface area contributed by atoms with E-state index < -0.39 is 23.2 Å². The van der Waals surface area contributed by atoms with Gasteiger partial charge in [0, 0.05) is 24.9 Å². The van der Waals surface area contributed by atoms with E-state index in [2.05, 4.69) is 4.98 Å². The molecule has 0 aliphatic carbocycles. The van der Waals surface area contributed by atoms with E-state index in [1.165, 1.54) is 7.05 Å². The fourth-order valence-corrected chi connectivity index (χ4v) is 1.61. The fraction of sp³-hybridized carbons (Fsp3) is 0.0833. The van der Waals surface area contributed by atoms with Crippen molar-refractivity contribution in [1.82, 2.24) is 9.55 Å². The van der Waals surface area contributed by atoms with Gasteiger partial charge in [-0.3, -0.25) is 4.79 Å². The third-order valence-corrected chi connectivity index (χ3v) is 2.54. The second kappa shape index (κ2) is 4.60. The minimum atomic E-state index is -0.928. The molecular weight excluding hydrogens is 256 g/mol. The van der Waals surface area contributed by atoms with Crippen molar-refractivity contribution in [2.75, 3.05) is 0 Å². The number of aryl methyl sites for hydroxylation is 1. The average Bonchev–Trinajstić information content (AvgIpc) is 2.32. The molecule has 1 aromatic carbocycles. The Morgan fingerprint density at radius 3 is 2.63 bits per heavy atom. The SMILES string of the molecule is Cn1cc(C(N)=O)c(-c2ccc(F)cc2F)nc1=O. The van der Waals surface area contributed by atoms with Crippen LogP contribution in [0.25, 0.3) is 11.3 Å². The predicted octanol–water partition coefficient (Wildman–Crippen LogP) is 0.824. The summed E-state index contributed by atoms with van der Waals surface area (Å²) in [7, 11) is 1.38. The van der Waals surface area contributed by atoms with Gasteiger partial charge in [-0.2, -0.15) is 4.98 Å². The highest BCUT2D eigenvalue weighted by Gasteiger charge is 2.17. The zero-order valence-electron chi connectivity index (χ0n) is 9.85. The Balaban J connectivity index is 2.77. The lowest BCUT2D eigenvalue weighted by atomic mass is 10.1. The molecule has 0 atom stereocenters. The number of aromatic nitrogens is 2. The monoisotopic (exact) mass is 265 g/mol. The quantitative estimate of drug-likeness (QED) is 0.873. The van der Waals surface area contributed by atoms with E-state index in [9.17, 15) is 18.4 Å². The largest absolute Gasteiger partial charge is 0.365 e. The van der Waals surface area contributed by atoms with E-state index in [0.717, 1.165) is 22.9 Å². The zero-order valence-corrected chi connectivity index (χ0v) is 9.85. The number of benzene rings is 1. The topological polar surface area (TPSA) is 78.0 Å². The second-order valence-corrected chi connectivity index (χ2v) is 3.89. The van der Waals surface area contributed by atoms with Gasteiger partial charge in [-0.1, -0.05) is 0 Å². The minimum Gasteiger partial charge on any atom is -0.365 e. The van der Waals surface area contributed by atoms with Crippen molar-refractivity contribution < 1.29 is 13.6 Å². The standard InChI is InChI=1S/C12H9F2N3O2/c1-17-5-8(11(15)18)10(16-12(17)19)7-3-2-6(13)4-9(7)14/h2-5H,1H3,(H2,15,18). The summed E-state index contributed by atoms with van der Waals surface area (Å²) in [4.78, 5) is 26.4. The van der Waals surface area contributed by atoms with Crippen LogP contribution in [0.15, 0.2) is 29.2 Å². The minimum absolute atomic E-state index is 0.118. The summed E-state index contributed by atoms with van der Waals surface area (Å²) < 4.78 is 27.6. The van der Waals surface area contributed by atoms with Gasteiger partial charge in [-0.05, 0) is 12.1 Å². The van der Waals surface area contributed by atoms with Gasteiger partial charge in [0.2, 0.25) is 0 Å². The van der Waals surface area contributed by atoms with Gasteiger partial charge < -0.3 is 10.3 Å². The Hall–Kier alpha value is -2.57. The number of amides is 1. The van der Waals surface area contributed by atoms with E-state index in [0.29, 0.717) is 6.07 Å². The number of carbonyl (C=O) groups is 1. The first-order valence-corrected chi connectivity index (χ1v) is 5.23. The summed E-state index contributed by atoms with van der Waals surface area (Å²) in [6.45, 7) is 0. The number of primary amides is 1. The molecule has 0 aliphatic rings. The highest BCUT2D eigenvalue weighted by Crippen LogP contribution is 2.23. The van der Waals surface area contributed by atoms with Gasteiger partial charge in [0.25, 0.3) is 5.91 Å². The van der Waals surface area contributed by atoms with E-state index >= 15 is 0 Å². The van der Waals surface area contributed by atoms with Gasteiger partial charge in [-0.25, -0.2) is 13.6 Å². The summed E-state index contributed by atoms with van der Waals surface area (Å²) in [5, 5.41) is 0. The van der Waals surface area contributed by atoms with Gasteiger partial charge in [0.1, 0.15) is 11.6 Å². The summed E-state index contributed by atoms with van der Waals surface area (Å²) >= 11 is 0. The first-order chi connectivity index (χ1) is 8.90. The van der Waals surface area contributed by atoms with Crippen LogP contribution in [0.4, 0.5) is 8.78 Å². The van der Waals surface area contributed by atoms with Gasteiger partial charge in [0.15, 0.2) is 0 Å². The number of carbonyl (C=O) groups excluding carboxylic acids is 1. The fourth-order valence-electron chi connectivity index (χ4n) is 1.61. The highest BCUT2D eigenvalue weighted by atomic mass is 19.1. The van der Waals surface area contributed by atoms with Crippen molar-refractivity contribution in [1.29, 1.82) is 0 Å². The molecule has 98 valence electrons. The normalized spacial score (nSPS) is 10.5. The third kappa shape index (κ3) is 2.35. The third-order valence-electron chi connectivity index (χ3n) is 2.54. The number of hydrogen-bond donors (Lipinski definition) is 1. The van der Waals surface area contributed by atoms with Crippen LogP contribution in [-0.2, 0) is 7.05 Å². The van der Waals surface area contributed by atoms with Crippen molar-refractivity contribution in [3.8, 4) is 11.3 Å². The molecule has 2 aromatic rings. The van der Waals surface area contributed by atoms with E-state index in [4.69, 9.17) is 5.73 Å². The molecule has 0 fully saturated rings. The molecule has 0 bridgehead atoms. The van der Waals surface area contributed by atoms with Crippen molar-refractivity contribution in [2.45, 2.75) is 0 Å². The zero-order chi connectivity index (χ0) is 14.2. The van der Waals surface area contributed by atoms with Gasteiger partial charge in [-0.15, -0.1) is 0 Å². The molecule has 1 aromatic heterocycles. The van der Waals surface area contributed by atoms with Crippen LogP contribution >= 0.6 is 0 Å². The highest BCUT2D eigenvalue weighted by molar-refractivity contribution is 5.98. The Bertz CT molecular complexity index is 725. The maximum absolute atomic E-state index is 13.7. The van der Waals surface area contributed by atoms with Gasteiger partial charge >= 0.3 is 5.69 Å². The average molecular weight is 265 g/mol. The molecule has 2 rings (SSSR count). The van der Waals surface area contributed by atoms with Crippen LogP contribution in [-0.4, -0.2) is 15.5 Å². The molecule has 0 saturated carbocycles. The number of rotatable bonds is 2. The number of hydrogen-bond acceptors (Lipinski definition) is 3. The van der Waals surface area contributed by atoms with Crippen LogP contribution in [0.5, 0.6) is 0 Å². The van der Waals surface area contributed by atoms with Gasteiger partial charge in [0.05, 0.1) is 11.3 Å². The first kappa shape index (κ1) is 12.9. The Kier molecular flexibility index (Phi) is 3.12. The van der Waals surface area contributed by atoms with E-state index in [-0.39, 0.29) is 16.8 Å². The molecule has 0 unspecified atom stereocenters. The smallest absolute Gasteiger partial charge is 0.347 e. The maximum atomic E-state index is 13.7. The van der Waals surface area contributed by atoms with Crippen LogP contribution in [0.2, 0.25) is 0 Å². The van der Waals surface area contributed by atoms with Crippen molar-refractivity contribution >= 4 is 5.91 Å². The summed E-state index contributed by atoms with van der Waals surface area (Å²) in [5.41, 5.74) is 4.00. The molecule has 1 amide bonds. The number of nitrogens with zero attached hydrogens (tertiary/aromatic N) is 2. The maximum Gasteiger partial charge on any atom is 0.347 e. The number of nitrogens with two attached hydrogens (primary N) is 1. The summed E-state index contributed by atoms with van der Waals surface area (Å²) in [6, 6.07) is 2.74. The lowest BCUT2D eigenvalue weighted by Crippen LogP contribution is -2.25. The van der Waals surface area contributed by atoms with Crippen LogP contribution in [0, 0.1) is 11.6 Å². The Morgan fingerprint density at radius 1 is 1.37 bits per heavy atom. The van der Waals surface area contributed by atoms with Crippen molar-refractivity contribution in [2.24, 2.45) is 12.8 Å². The Morgan fingerprint density at radius 2 is 2.05 bits per heavy atom. The molecule has 5 nitrogen and oxygen atoms in total. The molecule has 7 heteroatoms. The predicted molar refractivity (Wildman–Crippen MR) is 63.3 cm³/mol. The molecule has 0 radical (unpaired) electrons. The van der Waals surface area contributed by atoms with Crippen LogP contribution in [0.1, 0.15) is 10.4 Å². The van der Waals surface area contributed by atoms with Crippen LogP contribution < -0.4 is 11.4 Å². The first-order valence-electron chi connectivity index (χ1n) is 5.23. The number of halogens is 2. The molecule has 1 heterocycles. The molecule has 19 heavy (non-hydrogen) atoms. The molecule has 2 N–H and O–H groups in total. The van der Waals surface area contributed by atoms with E-state index in [1.807, 2.05) is 0 Å². The van der Waals surface area contributed by atoms with E-state index in [1.54, 1.807) is 0 Å². The van der Waals surface area contributed by atoms with Crippen molar-refractivity contribution in [3.63, 3.8) is 0 Å². The molecule has 0 aliphatic heterocycles. The van der Waals surface area contributed by atoms with Crippen LogP contribution in [0.3, 0.4) is 0 Å². The molecule has 0 saturated heterocycles.